The van der Waals surface area contributed by atoms with Gasteiger partial charge in [0.25, 0.3) is 0 Å². The van der Waals surface area contributed by atoms with Gasteiger partial charge in [0, 0.05) is 0 Å². The maximum atomic E-state index is 6.25. The lowest BCUT2D eigenvalue weighted by Crippen LogP contribution is -2.52. The Morgan fingerprint density at radius 3 is 1.89 bits per heavy atom. The molecule has 18 heavy (non-hydrogen) atoms. The van der Waals surface area contributed by atoms with Crippen molar-refractivity contribution in [2.75, 3.05) is 26.2 Å². The summed E-state index contributed by atoms with van der Waals surface area (Å²) in [7, 11) is 0. The molecule has 1 saturated heterocycles. The molecule has 0 atom stereocenters. The first-order valence-corrected chi connectivity index (χ1v) is 7.90. The Morgan fingerprint density at radius 1 is 0.778 bits per heavy atom. The van der Waals surface area contributed by atoms with Gasteiger partial charge in [0.2, 0.25) is 0 Å². The zero-order valence-electron chi connectivity index (χ0n) is 12.6. The highest BCUT2D eigenvalue weighted by Gasteiger charge is 2.28. The van der Waals surface area contributed by atoms with E-state index in [0.717, 1.165) is 0 Å². The Kier molecular flexibility index (Phi) is 11.2. The summed E-state index contributed by atoms with van der Waals surface area (Å²) in [6.07, 6.45) is 13.0. The lowest BCUT2D eigenvalue weighted by molar-refractivity contribution is -0.932. The van der Waals surface area contributed by atoms with Gasteiger partial charge < -0.3 is 16.3 Å². The molecule has 0 amide bonds. The van der Waals surface area contributed by atoms with Gasteiger partial charge in [-0.3, -0.25) is 0 Å². The first-order chi connectivity index (χ1) is 8.83. The average Bonchev–Trinajstić information content (AvgIpc) is 2.45. The van der Waals surface area contributed by atoms with Crippen molar-refractivity contribution in [2.24, 2.45) is 0 Å². The molecule has 0 spiro atoms. The van der Waals surface area contributed by atoms with Gasteiger partial charge >= 0.3 is 0 Å². The topological polar surface area (TPSA) is 23.8 Å². The summed E-state index contributed by atoms with van der Waals surface area (Å²) < 4.78 is 1.47. The molecule has 0 aromatic carbocycles. The first-order valence-electron chi connectivity index (χ1n) is 7.90. The number of quaternary nitrogens is 1. The van der Waals surface area contributed by atoms with Crippen LogP contribution in [-0.4, -0.2) is 30.7 Å². The molecule has 0 saturated carbocycles. The highest BCUT2D eigenvalue weighted by atomic mass is 15.3. The summed E-state index contributed by atoms with van der Waals surface area (Å²) in [6, 6.07) is 0. The number of rotatable bonds is 8. The third-order valence-corrected chi connectivity index (χ3v) is 4.24. The van der Waals surface area contributed by atoms with Crippen LogP contribution in [0.3, 0.4) is 0 Å². The van der Waals surface area contributed by atoms with Crippen LogP contribution in [0.5, 0.6) is 0 Å². The van der Waals surface area contributed by atoms with Gasteiger partial charge in [-0.1, -0.05) is 33.1 Å². The minimum absolute atomic E-state index is 1.37. The second-order valence-electron chi connectivity index (χ2n) is 5.71. The molecule has 2 heteroatoms. The molecule has 0 aromatic heterocycles. The van der Waals surface area contributed by atoms with Crippen molar-refractivity contribution in [1.29, 1.82) is 5.26 Å². The number of piperidine rings is 1. The van der Waals surface area contributed by atoms with Crippen LogP contribution in [0.25, 0.3) is 0 Å². The number of nitrogens with zero attached hydrogens (tertiary/aromatic N) is 2. The summed E-state index contributed by atoms with van der Waals surface area (Å²) in [4.78, 5) is 0. The monoisotopic (exact) mass is 252 g/mol. The molecule has 1 aliphatic rings. The molecule has 0 N–H and O–H groups in total. The van der Waals surface area contributed by atoms with Crippen molar-refractivity contribution >= 4 is 0 Å². The fourth-order valence-electron chi connectivity index (χ4n) is 3.11. The standard InChI is InChI=1S/C15H32N.CN/c1-3-5-7-9-13-16(12-6-4-2)14-10-8-11-15-16;1-2/h3-15H2,1-2H3;/q+1;-1. The van der Waals surface area contributed by atoms with Crippen LogP contribution in [0.1, 0.15) is 71.6 Å². The van der Waals surface area contributed by atoms with Crippen LogP contribution in [-0.2, 0) is 0 Å². The molecule has 1 fully saturated rings. The molecule has 1 heterocycles. The van der Waals surface area contributed by atoms with Crippen LogP contribution in [0.4, 0.5) is 0 Å². The smallest absolute Gasteiger partial charge is 0.0786 e. The van der Waals surface area contributed by atoms with Crippen molar-refractivity contribution in [3.8, 4) is 0 Å². The van der Waals surface area contributed by atoms with Gasteiger partial charge in [0.15, 0.2) is 0 Å². The van der Waals surface area contributed by atoms with E-state index in [1.807, 2.05) is 0 Å². The van der Waals surface area contributed by atoms with Crippen molar-refractivity contribution in [3.05, 3.63) is 6.57 Å². The van der Waals surface area contributed by atoms with Crippen molar-refractivity contribution < 1.29 is 4.48 Å². The summed E-state index contributed by atoms with van der Waals surface area (Å²) in [6.45, 7) is 15.3. The van der Waals surface area contributed by atoms with Crippen LogP contribution >= 0.6 is 0 Å². The van der Waals surface area contributed by atoms with Crippen LogP contribution < -0.4 is 0 Å². The zero-order chi connectivity index (χ0) is 13.7. The van der Waals surface area contributed by atoms with Gasteiger partial charge in [-0.05, 0) is 38.5 Å². The Labute approximate surface area is 115 Å². The van der Waals surface area contributed by atoms with E-state index in [2.05, 4.69) is 13.8 Å². The fraction of sp³-hybridized carbons (Fsp3) is 0.938. The molecule has 1 aliphatic heterocycles. The minimum Gasteiger partial charge on any atom is -0.512 e. The fourth-order valence-corrected chi connectivity index (χ4v) is 3.11. The van der Waals surface area contributed by atoms with E-state index in [0.29, 0.717) is 0 Å². The van der Waals surface area contributed by atoms with E-state index in [1.54, 1.807) is 0 Å². The highest BCUT2D eigenvalue weighted by molar-refractivity contribution is 4.55. The van der Waals surface area contributed by atoms with Crippen molar-refractivity contribution in [3.63, 3.8) is 0 Å². The van der Waals surface area contributed by atoms with Crippen LogP contribution in [0.2, 0.25) is 0 Å². The Morgan fingerprint density at radius 2 is 1.33 bits per heavy atom. The van der Waals surface area contributed by atoms with Gasteiger partial charge in [-0.25, -0.2) is 0 Å². The lowest BCUT2D eigenvalue weighted by Gasteiger charge is -2.42. The first kappa shape index (κ1) is 17.4. The summed E-state index contributed by atoms with van der Waals surface area (Å²) in [5.41, 5.74) is 0. The molecular weight excluding hydrogens is 220 g/mol. The van der Waals surface area contributed by atoms with Gasteiger partial charge in [-0.2, -0.15) is 0 Å². The molecule has 0 bridgehead atoms. The van der Waals surface area contributed by atoms with Crippen molar-refractivity contribution in [1.82, 2.24) is 0 Å². The molecule has 2 nitrogen and oxygen atoms in total. The van der Waals surface area contributed by atoms with Crippen LogP contribution in [0.15, 0.2) is 0 Å². The largest absolute Gasteiger partial charge is 0.512 e. The van der Waals surface area contributed by atoms with Crippen LogP contribution in [0, 0.1) is 11.8 Å². The molecule has 0 aromatic rings. The van der Waals surface area contributed by atoms with Crippen molar-refractivity contribution in [2.45, 2.75) is 71.6 Å². The average molecular weight is 252 g/mol. The second kappa shape index (κ2) is 11.5. The van der Waals surface area contributed by atoms with E-state index in [1.165, 1.54) is 88.4 Å². The Hall–Kier alpha value is -0.550. The molecule has 0 unspecified atom stereocenters. The van der Waals surface area contributed by atoms with E-state index in [4.69, 9.17) is 11.8 Å². The normalized spacial score (nSPS) is 17.8. The predicted octanol–water partition coefficient (Wildman–Crippen LogP) is 4.46. The highest BCUT2D eigenvalue weighted by Crippen LogP contribution is 2.21. The second-order valence-corrected chi connectivity index (χ2v) is 5.71. The molecule has 106 valence electrons. The quantitative estimate of drug-likeness (QED) is 0.355. The number of unbranched alkanes of at least 4 members (excludes halogenated alkanes) is 4. The Bertz CT molecular complexity index is 193. The molecule has 1 rings (SSSR count). The Balaban J connectivity index is 0.00000137. The maximum Gasteiger partial charge on any atom is 0.0786 e. The number of likely N-dealkylation sites (tertiary alicyclic amines) is 1. The summed E-state index contributed by atoms with van der Waals surface area (Å²) in [5, 5.41) is 6.25. The third kappa shape index (κ3) is 7.01. The van der Waals surface area contributed by atoms with E-state index < -0.39 is 0 Å². The molecular formula is C16H32N2. The lowest BCUT2D eigenvalue weighted by atomic mass is 10.0. The molecule has 0 aliphatic carbocycles. The third-order valence-electron chi connectivity index (χ3n) is 4.24. The number of hydrogen-bond acceptors (Lipinski definition) is 1. The van der Waals surface area contributed by atoms with Gasteiger partial charge in [0.1, 0.15) is 0 Å². The minimum atomic E-state index is 1.37. The number of hydrogen-bond donors (Lipinski definition) is 0. The zero-order valence-corrected chi connectivity index (χ0v) is 12.6. The van der Waals surface area contributed by atoms with E-state index in [-0.39, 0.29) is 0 Å². The van der Waals surface area contributed by atoms with Gasteiger partial charge in [0.05, 0.1) is 26.2 Å². The maximum absolute atomic E-state index is 6.25. The summed E-state index contributed by atoms with van der Waals surface area (Å²) in [5.74, 6) is 0. The van der Waals surface area contributed by atoms with Gasteiger partial charge in [-0.15, -0.1) is 0 Å². The SMILES string of the molecule is CCCCCC[N+]1(CCCC)CCCCC1.[C-]#N. The van der Waals surface area contributed by atoms with E-state index >= 15 is 0 Å². The van der Waals surface area contributed by atoms with E-state index in [9.17, 15) is 0 Å². The predicted molar refractivity (Wildman–Crippen MR) is 77.6 cm³/mol. The summed E-state index contributed by atoms with van der Waals surface area (Å²) >= 11 is 0. The molecule has 0 radical (unpaired) electrons.